The van der Waals surface area contributed by atoms with Gasteiger partial charge in [-0.1, -0.05) is 33.1 Å². The standard InChI is InChI=1S/C14H28N2O2/c1-11(2)9-15-13(18)12(3)16-14(10-17)7-5-4-6-8-14/h11-12,16-17H,4-10H2,1-3H3,(H,15,18). The molecule has 18 heavy (non-hydrogen) atoms. The summed E-state index contributed by atoms with van der Waals surface area (Å²) in [6.45, 7) is 6.86. The maximum atomic E-state index is 11.9. The molecule has 1 aliphatic carbocycles. The summed E-state index contributed by atoms with van der Waals surface area (Å²) in [5.41, 5.74) is -0.243. The molecular formula is C14H28N2O2. The van der Waals surface area contributed by atoms with Gasteiger partial charge in [-0.25, -0.2) is 0 Å². The lowest BCUT2D eigenvalue weighted by molar-refractivity contribution is -0.123. The van der Waals surface area contributed by atoms with Crippen LogP contribution in [0.4, 0.5) is 0 Å². The molecule has 1 aliphatic rings. The average molecular weight is 256 g/mol. The van der Waals surface area contributed by atoms with E-state index in [0.29, 0.717) is 12.5 Å². The minimum Gasteiger partial charge on any atom is -0.394 e. The Labute approximate surface area is 111 Å². The molecule has 0 radical (unpaired) electrons. The number of carbonyl (C=O) groups excluding carboxylic acids is 1. The normalized spacial score (nSPS) is 20.7. The van der Waals surface area contributed by atoms with Gasteiger partial charge in [0.05, 0.1) is 12.6 Å². The zero-order chi connectivity index (χ0) is 13.6. The molecule has 106 valence electrons. The minimum atomic E-state index is -0.243. The molecule has 3 N–H and O–H groups in total. The number of amides is 1. The van der Waals surface area contributed by atoms with Crippen LogP contribution in [0.5, 0.6) is 0 Å². The molecule has 0 aromatic rings. The lowest BCUT2D eigenvalue weighted by Crippen LogP contribution is -2.57. The largest absolute Gasteiger partial charge is 0.394 e. The Hall–Kier alpha value is -0.610. The molecule has 0 aromatic carbocycles. The zero-order valence-electron chi connectivity index (χ0n) is 12.0. The van der Waals surface area contributed by atoms with Crippen LogP contribution in [0.25, 0.3) is 0 Å². The summed E-state index contributed by atoms with van der Waals surface area (Å²) < 4.78 is 0. The number of hydrogen-bond acceptors (Lipinski definition) is 3. The highest BCUT2D eigenvalue weighted by molar-refractivity contribution is 5.81. The summed E-state index contributed by atoms with van der Waals surface area (Å²) in [5.74, 6) is 0.490. The van der Waals surface area contributed by atoms with E-state index in [4.69, 9.17) is 0 Å². The number of aliphatic hydroxyl groups excluding tert-OH is 1. The van der Waals surface area contributed by atoms with E-state index in [1.807, 2.05) is 6.92 Å². The Balaban J connectivity index is 2.45. The second-order valence-corrected chi connectivity index (χ2v) is 6.00. The van der Waals surface area contributed by atoms with Crippen LogP contribution in [0.3, 0.4) is 0 Å². The summed E-state index contributed by atoms with van der Waals surface area (Å²) in [5, 5.41) is 15.9. The van der Waals surface area contributed by atoms with Gasteiger partial charge in [-0.05, 0) is 25.7 Å². The van der Waals surface area contributed by atoms with Crippen LogP contribution in [0.2, 0.25) is 0 Å². The molecule has 4 heteroatoms. The van der Waals surface area contributed by atoms with Gasteiger partial charge in [-0.3, -0.25) is 10.1 Å². The molecule has 0 aliphatic heterocycles. The first-order valence-corrected chi connectivity index (χ1v) is 7.15. The second-order valence-electron chi connectivity index (χ2n) is 6.00. The van der Waals surface area contributed by atoms with Crippen LogP contribution in [-0.2, 0) is 4.79 Å². The van der Waals surface area contributed by atoms with Gasteiger partial charge < -0.3 is 10.4 Å². The van der Waals surface area contributed by atoms with Gasteiger partial charge in [0.15, 0.2) is 0 Å². The van der Waals surface area contributed by atoms with Crippen molar-refractivity contribution in [2.24, 2.45) is 5.92 Å². The van der Waals surface area contributed by atoms with E-state index < -0.39 is 0 Å². The SMILES string of the molecule is CC(C)CNC(=O)C(C)NC1(CO)CCCCC1. The predicted octanol–water partition coefficient (Wildman–Crippen LogP) is 1.43. The van der Waals surface area contributed by atoms with Gasteiger partial charge in [0.25, 0.3) is 0 Å². The Bertz CT molecular complexity index is 261. The first-order chi connectivity index (χ1) is 8.49. The van der Waals surface area contributed by atoms with Crippen molar-refractivity contribution < 1.29 is 9.90 Å². The van der Waals surface area contributed by atoms with E-state index in [0.717, 1.165) is 25.7 Å². The fraction of sp³-hybridized carbons (Fsp3) is 0.929. The molecule has 1 atom stereocenters. The highest BCUT2D eigenvalue weighted by Crippen LogP contribution is 2.28. The maximum Gasteiger partial charge on any atom is 0.236 e. The molecule has 0 saturated heterocycles. The van der Waals surface area contributed by atoms with Crippen LogP contribution < -0.4 is 10.6 Å². The zero-order valence-corrected chi connectivity index (χ0v) is 12.0. The van der Waals surface area contributed by atoms with Crippen molar-refractivity contribution in [3.05, 3.63) is 0 Å². The monoisotopic (exact) mass is 256 g/mol. The van der Waals surface area contributed by atoms with Gasteiger partial charge in [0.1, 0.15) is 0 Å². The van der Waals surface area contributed by atoms with Crippen molar-refractivity contribution in [3.8, 4) is 0 Å². The summed E-state index contributed by atoms with van der Waals surface area (Å²) >= 11 is 0. The number of hydrogen-bond donors (Lipinski definition) is 3. The first-order valence-electron chi connectivity index (χ1n) is 7.15. The minimum absolute atomic E-state index is 0.0297. The molecule has 1 amide bonds. The predicted molar refractivity (Wildman–Crippen MR) is 73.3 cm³/mol. The fourth-order valence-electron chi connectivity index (χ4n) is 2.56. The third-order valence-electron chi connectivity index (χ3n) is 3.71. The van der Waals surface area contributed by atoms with Crippen LogP contribution >= 0.6 is 0 Å². The Morgan fingerprint density at radius 2 is 1.83 bits per heavy atom. The number of nitrogens with one attached hydrogen (secondary N) is 2. The van der Waals surface area contributed by atoms with Crippen molar-refractivity contribution in [2.45, 2.75) is 64.5 Å². The molecule has 0 bridgehead atoms. The molecule has 0 heterocycles. The second kappa shape index (κ2) is 7.10. The molecule has 1 unspecified atom stereocenters. The molecule has 0 aromatic heterocycles. The molecule has 0 spiro atoms. The summed E-state index contributed by atoms with van der Waals surface area (Å²) in [7, 11) is 0. The van der Waals surface area contributed by atoms with E-state index >= 15 is 0 Å². The van der Waals surface area contributed by atoms with Gasteiger partial charge >= 0.3 is 0 Å². The average Bonchev–Trinajstić information content (AvgIpc) is 2.36. The third kappa shape index (κ3) is 4.58. The van der Waals surface area contributed by atoms with Crippen LogP contribution in [0.1, 0.15) is 52.9 Å². The highest BCUT2D eigenvalue weighted by Gasteiger charge is 2.33. The highest BCUT2D eigenvalue weighted by atomic mass is 16.3. The summed E-state index contributed by atoms with van der Waals surface area (Å²) in [4.78, 5) is 11.9. The van der Waals surface area contributed by atoms with Gasteiger partial charge in [0.2, 0.25) is 5.91 Å². The Kier molecular flexibility index (Phi) is 6.09. The van der Waals surface area contributed by atoms with Crippen molar-refractivity contribution in [2.75, 3.05) is 13.2 Å². The van der Waals surface area contributed by atoms with Gasteiger partial charge in [-0.15, -0.1) is 0 Å². The van der Waals surface area contributed by atoms with Crippen molar-refractivity contribution in [3.63, 3.8) is 0 Å². The Morgan fingerprint density at radius 3 is 2.33 bits per heavy atom. The number of carbonyl (C=O) groups is 1. The summed E-state index contributed by atoms with van der Waals surface area (Å²) in [6, 6.07) is -0.242. The van der Waals surface area contributed by atoms with Crippen molar-refractivity contribution >= 4 is 5.91 Å². The van der Waals surface area contributed by atoms with Crippen molar-refractivity contribution in [1.82, 2.24) is 10.6 Å². The van der Waals surface area contributed by atoms with Gasteiger partial charge in [-0.2, -0.15) is 0 Å². The van der Waals surface area contributed by atoms with Gasteiger partial charge in [0, 0.05) is 12.1 Å². The van der Waals surface area contributed by atoms with Crippen molar-refractivity contribution in [1.29, 1.82) is 0 Å². The van der Waals surface area contributed by atoms with E-state index in [1.165, 1.54) is 6.42 Å². The topological polar surface area (TPSA) is 61.4 Å². The first kappa shape index (κ1) is 15.4. The summed E-state index contributed by atoms with van der Waals surface area (Å²) in [6.07, 6.45) is 5.43. The fourth-order valence-corrected chi connectivity index (χ4v) is 2.56. The number of aliphatic hydroxyl groups is 1. The lowest BCUT2D eigenvalue weighted by atomic mass is 9.82. The smallest absolute Gasteiger partial charge is 0.236 e. The van der Waals surface area contributed by atoms with Crippen LogP contribution in [0.15, 0.2) is 0 Å². The van der Waals surface area contributed by atoms with E-state index in [9.17, 15) is 9.90 Å². The van der Waals surface area contributed by atoms with E-state index in [1.54, 1.807) is 0 Å². The maximum absolute atomic E-state index is 11.9. The number of rotatable bonds is 6. The molecule has 1 rings (SSSR count). The molecular weight excluding hydrogens is 228 g/mol. The van der Waals surface area contributed by atoms with E-state index in [-0.39, 0.29) is 24.1 Å². The lowest BCUT2D eigenvalue weighted by Gasteiger charge is -2.38. The third-order valence-corrected chi connectivity index (χ3v) is 3.71. The van der Waals surface area contributed by atoms with Crippen LogP contribution in [0, 0.1) is 5.92 Å². The Morgan fingerprint density at radius 1 is 1.22 bits per heavy atom. The van der Waals surface area contributed by atoms with Crippen LogP contribution in [-0.4, -0.2) is 35.7 Å². The quantitative estimate of drug-likeness (QED) is 0.674. The molecule has 1 fully saturated rings. The van der Waals surface area contributed by atoms with E-state index in [2.05, 4.69) is 24.5 Å². The molecule has 4 nitrogen and oxygen atoms in total. The molecule has 1 saturated carbocycles.